The molecule has 142 valence electrons. The van der Waals surface area contributed by atoms with E-state index in [9.17, 15) is 14.4 Å². The summed E-state index contributed by atoms with van der Waals surface area (Å²) in [6, 6.07) is 5.45. The highest BCUT2D eigenvalue weighted by atomic mass is 32.1. The number of fused-ring (bicyclic) bond motifs is 1. The van der Waals surface area contributed by atoms with Gasteiger partial charge in [0, 0.05) is 16.3 Å². The summed E-state index contributed by atoms with van der Waals surface area (Å²) in [6.07, 6.45) is 1.29. The van der Waals surface area contributed by atoms with Gasteiger partial charge in [-0.1, -0.05) is 13.0 Å². The summed E-state index contributed by atoms with van der Waals surface area (Å²) in [5.41, 5.74) is 0.227. The number of amides is 4. The number of imide groups is 1. The predicted molar refractivity (Wildman–Crippen MR) is 105 cm³/mol. The molecule has 2 aliphatic heterocycles. The molecule has 2 aliphatic rings. The Kier molecular flexibility index (Phi) is 4.55. The molecular weight excluding hydrogens is 382 g/mol. The first-order chi connectivity index (χ1) is 12.9. The van der Waals surface area contributed by atoms with E-state index < -0.39 is 11.6 Å². The normalized spacial score (nSPS) is 24.9. The summed E-state index contributed by atoms with van der Waals surface area (Å²) in [6.45, 7) is 3.91. The first-order valence-electron chi connectivity index (χ1n) is 8.98. The standard InChI is InChI=1S/C19H21N3O3S2/c1-3-19(2)17(24)22(18(25)20-19)11-15(23)21-8-6-13-12(7-10-27-13)16(21)14-5-4-9-26-14/h4-5,7,9-10,16H,3,6,8,11H2,1-2H3,(H,20,25)/t16-,19-/m1/s1. The maximum atomic E-state index is 13.1. The number of nitrogens with zero attached hydrogens (tertiary/aromatic N) is 2. The Hall–Kier alpha value is -2.19. The molecule has 2 aromatic heterocycles. The Balaban J connectivity index is 1.60. The van der Waals surface area contributed by atoms with E-state index in [4.69, 9.17) is 0 Å². The van der Waals surface area contributed by atoms with Gasteiger partial charge in [0.2, 0.25) is 5.91 Å². The van der Waals surface area contributed by atoms with Crippen molar-refractivity contribution in [2.24, 2.45) is 0 Å². The number of rotatable bonds is 4. The highest BCUT2D eigenvalue weighted by molar-refractivity contribution is 7.10. The highest BCUT2D eigenvalue weighted by Gasteiger charge is 2.47. The van der Waals surface area contributed by atoms with Gasteiger partial charge in [-0.25, -0.2) is 4.79 Å². The van der Waals surface area contributed by atoms with E-state index in [0.29, 0.717) is 13.0 Å². The van der Waals surface area contributed by atoms with Crippen LogP contribution in [0.2, 0.25) is 0 Å². The number of hydrogen-bond donors (Lipinski definition) is 1. The zero-order chi connectivity index (χ0) is 19.2. The Morgan fingerprint density at radius 3 is 2.78 bits per heavy atom. The third-order valence-corrected chi connectivity index (χ3v) is 7.37. The lowest BCUT2D eigenvalue weighted by molar-refractivity contribution is -0.140. The summed E-state index contributed by atoms with van der Waals surface area (Å²) in [5, 5.41) is 6.77. The van der Waals surface area contributed by atoms with Crippen molar-refractivity contribution in [2.75, 3.05) is 13.1 Å². The molecule has 0 saturated carbocycles. The van der Waals surface area contributed by atoms with Crippen LogP contribution in [0.15, 0.2) is 29.0 Å². The van der Waals surface area contributed by atoms with Crippen LogP contribution in [0.25, 0.3) is 0 Å². The number of carbonyl (C=O) groups excluding carboxylic acids is 3. The number of hydrogen-bond acceptors (Lipinski definition) is 5. The second-order valence-electron chi connectivity index (χ2n) is 7.06. The predicted octanol–water partition coefficient (Wildman–Crippen LogP) is 3.00. The molecule has 0 bridgehead atoms. The minimum Gasteiger partial charge on any atom is -0.329 e. The van der Waals surface area contributed by atoms with Crippen LogP contribution in [0.5, 0.6) is 0 Å². The minimum absolute atomic E-state index is 0.147. The fourth-order valence-corrected chi connectivity index (χ4v) is 5.45. The summed E-state index contributed by atoms with van der Waals surface area (Å²) >= 11 is 3.33. The number of urea groups is 1. The zero-order valence-corrected chi connectivity index (χ0v) is 16.9. The molecule has 0 unspecified atom stereocenters. The Morgan fingerprint density at radius 1 is 1.30 bits per heavy atom. The van der Waals surface area contributed by atoms with Crippen LogP contribution < -0.4 is 5.32 Å². The molecule has 27 heavy (non-hydrogen) atoms. The van der Waals surface area contributed by atoms with Crippen molar-refractivity contribution in [2.45, 2.75) is 38.3 Å². The Bertz CT molecular complexity index is 892. The molecule has 4 heterocycles. The van der Waals surface area contributed by atoms with Crippen molar-refractivity contribution in [3.63, 3.8) is 0 Å². The fraction of sp³-hybridized carbons (Fsp3) is 0.421. The van der Waals surface area contributed by atoms with E-state index in [0.717, 1.165) is 21.8 Å². The molecule has 1 saturated heterocycles. The molecular formula is C19H21N3O3S2. The van der Waals surface area contributed by atoms with E-state index in [2.05, 4.69) is 16.8 Å². The van der Waals surface area contributed by atoms with Crippen LogP contribution in [0, 0.1) is 0 Å². The lowest BCUT2D eigenvalue weighted by Crippen LogP contribution is -2.47. The molecule has 0 aromatic carbocycles. The topological polar surface area (TPSA) is 69.7 Å². The van der Waals surface area contributed by atoms with Crippen molar-refractivity contribution in [3.05, 3.63) is 44.3 Å². The number of thiophene rings is 2. The molecule has 4 amide bonds. The van der Waals surface area contributed by atoms with Gasteiger partial charge in [0.1, 0.15) is 12.1 Å². The first-order valence-corrected chi connectivity index (χ1v) is 10.7. The summed E-state index contributed by atoms with van der Waals surface area (Å²) in [5.74, 6) is -0.529. The van der Waals surface area contributed by atoms with E-state index in [-0.39, 0.29) is 24.4 Å². The Labute approximate surface area is 165 Å². The van der Waals surface area contributed by atoms with Crippen LogP contribution >= 0.6 is 22.7 Å². The summed E-state index contributed by atoms with van der Waals surface area (Å²) in [7, 11) is 0. The van der Waals surface area contributed by atoms with E-state index >= 15 is 0 Å². The van der Waals surface area contributed by atoms with Gasteiger partial charge in [-0.05, 0) is 48.2 Å². The molecule has 0 aliphatic carbocycles. The molecule has 8 heteroatoms. The highest BCUT2D eigenvalue weighted by Crippen LogP contribution is 2.39. The van der Waals surface area contributed by atoms with Crippen LogP contribution in [-0.4, -0.2) is 46.3 Å². The van der Waals surface area contributed by atoms with Crippen molar-refractivity contribution < 1.29 is 14.4 Å². The van der Waals surface area contributed by atoms with Crippen LogP contribution in [-0.2, 0) is 16.0 Å². The van der Waals surface area contributed by atoms with E-state index in [1.54, 1.807) is 29.6 Å². The summed E-state index contributed by atoms with van der Waals surface area (Å²) < 4.78 is 0. The van der Waals surface area contributed by atoms with Crippen molar-refractivity contribution in [1.29, 1.82) is 0 Å². The lowest BCUT2D eigenvalue weighted by Gasteiger charge is -2.36. The molecule has 1 fully saturated rings. The van der Waals surface area contributed by atoms with E-state index in [1.807, 2.05) is 29.3 Å². The molecule has 1 N–H and O–H groups in total. The van der Waals surface area contributed by atoms with Crippen LogP contribution in [0.4, 0.5) is 4.79 Å². The minimum atomic E-state index is -0.924. The van der Waals surface area contributed by atoms with Crippen molar-refractivity contribution in [3.8, 4) is 0 Å². The summed E-state index contributed by atoms with van der Waals surface area (Å²) in [4.78, 5) is 43.3. The average molecular weight is 404 g/mol. The van der Waals surface area contributed by atoms with Crippen LogP contribution in [0.1, 0.15) is 41.6 Å². The van der Waals surface area contributed by atoms with Crippen LogP contribution in [0.3, 0.4) is 0 Å². The van der Waals surface area contributed by atoms with Crippen molar-refractivity contribution >= 4 is 40.5 Å². The fourth-order valence-electron chi connectivity index (χ4n) is 3.70. The van der Waals surface area contributed by atoms with Gasteiger partial charge in [0.25, 0.3) is 5.91 Å². The van der Waals surface area contributed by atoms with Crippen molar-refractivity contribution in [1.82, 2.24) is 15.1 Å². The molecule has 0 spiro atoms. The van der Waals surface area contributed by atoms with Gasteiger partial charge in [0.15, 0.2) is 0 Å². The van der Waals surface area contributed by atoms with Gasteiger partial charge in [0.05, 0.1) is 6.04 Å². The lowest BCUT2D eigenvalue weighted by atomic mass is 9.98. The van der Waals surface area contributed by atoms with Gasteiger partial charge < -0.3 is 10.2 Å². The van der Waals surface area contributed by atoms with Gasteiger partial charge in [-0.15, -0.1) is 22.7 Å². The van der Waals surface area contributed by atoms with Gasteiger partial charge in [-0.3, -0.25) is 14.5 Å². The monoisotopic (exact) mass is 403 g/mol. The SMILES string of the molecule is CC[C@@]1(C)NC(=O)N(CC(=O)N2CCc3sccc3[C@@H]2c2cccs2)C1=O. The first kappa shape index (κ1) is 18.2. The van der Waals surface area contributed by atoms with E-state index in [1.165, 1.54) is 4.88 Å². The molecule has 0 radical (unpaired) electrons. The number of nitrogens with one attached hydrogen (secondary N) is 1. The quantitative estimate of drug-likeness (QED) is 0.798. The smallest absolute Gasteiger partial charge is 0.325 e. The molecule has 2 aromatic rings. The third-order valence-electron chi connectivity index (χ3n) is 5.44. The zero-order valence-electron chi connectivity index (χ0n) is 15.2. The molecule has 4 rings (SSSR count). The third kappa shape index (κ3) is 2.96. The maximum Gasteiger partial charge on any atom is 0.325 e. The second kappa shape index (κ2) is 6.76. The van der Waals surface area contributed by atoms with Gasteiger partial charge >= 0.3 is 6.03 Å². The second-order valence-corrected chi connectivity index (χ2v) is 9.04. The molecule has 6 nitrogen and oxygen atoms in total. The average Bonchev–Trinajstić information content (AvgIpc) is 3.38. The molecule has 2 atom stereocenters. The number of carbonyl (C=O) groups is 3. The largest absolute Gasteiger partial charge is 0.329 e. The Morgan fingerprint density at radius 2 is 2.11 bits per heavy atom. The maximum absolute atomic E-state index is 13.1. The van der Waals surface area contributed by atoms with Gasteiger partial charge in [-0.2, -0.15) is 0 Å².